The van der Waals surface area contributed by atoms with Crippen LogP contribution in [-0.2, 0) is 35.0 Å². The Hall–Kier alpha value is -4.75. The fourth-order valence-electron chi connectivity index (χ4n) is 6.65. The molecule has 47 heavy (non-hydrogen) atoms. The van der Waals surface area contributed by atoms with E-state index in [9.17, 15) is 14.4 Å². The Morgan fingerprint density at radius 2 is 1.40 bits per heavy atom. The predicted molar refractivity (Wildman–Crippen MR) is 179 cm³/mol. The second kappa shape index (κ2) is 13.9. The summed E-state index contributed by atoms with van der Waals surface area (Å²) >= 11 is 0. The Bertz CT molecular complexity index is 1750. The Morgan fingerprint density at radius 1 is 0.809 bits per heavy atom. The minimum Gasteiger partial charge on any atom is -0.468 e. The standard InChI is InChI=1S/C40H40O7/c1-26(41)19-22-31(28-13-7-4-8-14-28)32-23-40(38(42)44-2,39(43)45-3)24-33-34(32)35(37(47-33)30-17-11-6-12-18-30)36(46-25-27-20-21-27)29-15-9-5-10-16-29/h4-18,27,36H,19-25H2,1-3H3/b32-31+/t36-/m0/s1. The molecule has 3 aromatic carbocycles. The number of ketones is 1. The van der Waals surface area contributed by atoms with E-state index in [0.717, 1.165) is 51.8 Å². The third-order valence-corrected chi connectivity index (χ3v) is 9.22. The van der Waals surface area contributed by atoms with Gasteiger partial charge in [-0.15, -0.1) is 0 Å². The Morgan fingerprint density at radius 3 is 1.98 bits per heavy atom. The lowest BCUT2D eigenvalue weighted by molar-refractivity contribution is -0.169. The van der Waals surface area contributed by atoms with Gasteiger partial charge in [0.25, 0.3) is 0 Å². The number of esters is 2. The van der Waals surface area contributed by atoms with Crippen LogP contribution >= 0.6 is 0 Å². The first-order valence-corrected chi connectivity index (χ1v) is 16.2. The van der Waals surface area contributed by atoms with E-state index in [1.807, 2.05) is 78.9 Å². The highest BCUT2D eigenvalue weighted by molar-refractivity contribution is 6.06. The minimum absolute atomic E-state index is 0.00633. The van der Waals surface area contributed by atoms with Gasteiger partial charge in [-0.05, 0) is 54.4 Å². The predicted octanol–water partition coefficient (Wildman–Crippen LogP) is 8.02. The lowest BCUT2D eigenvalue weighted by Gasteiger charge is -2.34. The molecule has 0 bridgehead atoms. The van der Waals surface area contributed by atoms with Crippen LogP contribution in [0.3, 0.4) is 0 Å². The van der Waals surface area contributed by atoms with Crippen LogP contribution in [0.4, 0.5) is 0 Å². The zero-order chi connectivity index (χ0) is 33.0. The van der Waals surface area contributed by atoms with Gasteiger partial charge >= 0.3 is 11.9 Å². The molecule has 1 saturated carbocycles. The lowest BCUT2D eigenvalue weighted by atomic mass is 9.68. The molecule has 1 aromatic heterocycles. The number of carbonyl (C=O) groups excluding carboxylic acids is 3. The van der Waals surface area contributed by atoms with Gasteiger partial charge in [0.05, 0.1) is 20.8 Å². The van der Waals surface area contributed by atoms with E-state index in [1.54, 1.807) is 6.92 Å². The average molecular weight is 633 g/mol. The average Bonchev–Trinajstić information content (AvgIpc) is 3.87. The number of methoxy groups -OCH3 is 2. The van der Waals surface area contributed by atoms with E-state index < -0.39 is 23.5 Å². The van der Waals surface area contributed by atoms with E-state index in [0.29, 0.717) is 30.5 Å². The summed E-state index contributed by atoms with van der Waals surface area (Å²) < 4.78 is 24.2. The second-order valence-electron chi connectivity index (χ2n) is 12.5. The van der Waals surface area contributed by atoms with E-state index in [4.69, 9.17) is 18.6 Å². The van der Waals surface area contributed by atoms with E-state index in [2.05, 4.69) is 12.1 Å². The molecule has 1 atom stereocenters. The summed E-state index contributed by atoms with van der Waals surface area (Å²) in [5, 5.41) is 0. The number of hydrogen-bond donors (Lipinski definition) is 0. The summed E-state index contributed by atoms with van der Waals surface area (Å²) in [5.74, 6) is 0.228. The maximum absolute atomic E-state index is 13.7. The number of hydrogen-bond acceptors (Lipinski definition) is 7. The van der Waals surface area contributed by atoms with Crippen molar-refractivity contribution in [1.29, 1.82) is 0 Å². The molecule has 6 rings (SSSR count). The van der Waals surface area contributed by atoms with E-state index in [1.165, 1.54) is 14.2 Å². The van der Waals surface area contributed by atoms with Crippen LogP contribution in [0.15, 0.2) is 95.4 Å². The molecule has 2 aliphatic rings. The molecule has 0 aliphatic heterocycles. The molecule has 0 amide bonds. The number of Topliss-reactive ketones (excluding diaryl/α,β-unsaturated/α-hetero) is 1. The fraction of sp³-hybridized carbons (Fsp3) is 0.325. The van der Waals surface area contributed by atoms with Crippen LogP contribution in [-0.4, -0.2) is 38.5 Å². The molecule has 0 saturated heterocycles. The lowest BCUT2D eigenvalue weighted by Crippen LogP contribution is -2.45. The molecular weight excluding hydrogens is 592 g/mol. The Kier molecular flexibility index (Phi) is 9.55. The smallest absolute Gasteiger partial charge is 0.324 e. The monoisotopic (exact) mass is 632 g/mol. The summed E-state index contributed by atoms with van der Waals surface area (Å²) in [6, 6.07) is 29.7. The summed E-state index contributed by atoms with van der Waals surface area (Å²) in [5.41, 5.74) is 4.26. The number of ether oxygens (including phenoxy) is 3. The third kappa shape index (κ3) is 6.58. The van der Waals surface area contributed by atoms with Crippen molar-refractivity contribution in [3.8, 4) is 11.3 Å². The SMILES string of the molecule is COC(=O)C1(C(=O)OC)C/C(=C(/CCC(C)=O)c2ccccc2)c2c(oc(-c3ccccc3)c2[C@@H](OCC2CC2)c2ccccc2)C1. The van der Waals surface area contributed by atoms with Crippen molar-refractivity contribution in [1.82, 2.24) is 0 Å². The summed E-state index contributed by atoms with van der Waals surface area (Å²) in [6.45, 7) is 2.16. The summed E-state index contributed by atoms with van der Waals surface area (Å²) in [4.78, 5) is 39.8. The minimum atomic E-state index is -1.69. The van der Waals surface area contributed by atoms with Gasteiger partial charge in [-0.3, -0.25) is 9.59 Å². The molecule has 1 heterocycles. The van der Waals surface area contributed by atoms with Crippen molar-refractivity contribution in [3.63, 3.8) is 0 Å². The largest absolute Gasteiger partial charge is 0.468 e. The van der Waals surface area contributed by atoms with Crippen molar-refractivity contribution in [2.45, 2.75) is 51.6 Å². The molecule has 0 N–H and O–H groups in total. The first-order chi connectivity index (χ1) is 22.9. The number of allylic oxidation sites excluding steroid dienone is 2. The molecule has 7 nitrogen and oxygen atoms in total. The topological polar surface area (TPSA) is 92.0 Å². The summed E-state index contributed by atoms with van der Waals surface area (Å²) in [7, 11) is 2.56. The highest BCUT2D eigenvalue weighted by atomic mass is 16.5. The van der Waals surface area contributed by atoms with Gasteiger partial charge in [-0.2, -0.15) is 0 Å². The highest BCUT2D eigenvalue weighted by Crippen LogP contribution is 2.54. The highest BCUT2D eigenvalue weighted by Gasteiger charge is 2.55. The van der Waals surface area contributed by atoms with Crippen LogP contribution in [0, 0.1) is 11.3 Å². The quantitative estimate of drug-likeness (QED) is 0.115. The van der Waals surface area contributed by atoms with E-state index >= 15 is 0 Å². The van der Waals surface area contributed by atoms with Crippen molar-refractivity contribution >= 4 is 28.9 Å². The first kappa shape index (κ1) is 32.2. The molecular formula is C40H40O7. The van der Waals surface area contributed by atoms with Crippen molar-refractivity contribution < 1.29 is 33.0 Å². The Labute approximate surface area is 275 Å². The van der Waals surface area contributed by atoms with Crippen molar-refractivity contribution in [2.75, 3.05) is 20.8 Å². The zero-order valence-corrected chi connectivity index (χ0v) is 27.1. The van der Waals surface area contributed by atoms with Gasteiger partial charge in [0.15, 0.2) is 5.41 Å². The number of carbonyl (C=O) groups is 3. The van der Waals surface area contributed by atoms with Crippen LogP contribution in [0.1, 0.15) is 73.1 Å². The molecule has 1 fully saturated rings. The zero-order valence-electron chi connectivity index (χ0n) is 27.1. The summed E-state index contributed by atoms with van der Waals surface area (Å²) in [6.07, 6.45) is 2.40. The van der Waals surface area contributed by atoms with Gasteiger partial charge in [-0.25, -0.2) is 0 Å². The molecule has 4 aromatic rings. The molecule has 7 heteroatoms. The number of benzene rings is 3. The van der Waals surface area contributed by atoms with Gasteiger partial charge in [0, 0.05) is 36.0 Å². The van der Waals surface area contributed by atoms with Crippen LogP contribution < -0.4 is 0 Å². The van der Waals surface area contributed by atoms with Crippen LogP contribution in [0.25, 0.3) is 22.5 Å². The molecule has 0 radical (unpaired) electrons. The second-order valence-corrected chi connectivity index (χ2v) is 12.5. The number of rotatable bonds is 12. The van der Waals surface area contributed by atoms with Crippen molar-refractivity contribution in [3.05, 3.63) is 119 Å². The Balaban J connectivity index is 1.71. The maximum Gasteiger partial charge on any atom is 0.324 e. The van der Waals surface area contributed by atoms with Gasteiger partial charge < -0.3 is 23.4 Å². The van der Waals surface area contributed by atoms with E-state index in [-0.39, 0.29) is 25.0 Å². The van der Waals surface area contributed by atoms with Crippen LogP contribution in [0.5, 0.6) is 0 Å². The third-order valence-electron chi connectivity index (χ3n) is 9.22. The molecule has 2 aliphatic carbocycles. The normalized spacial score (nSPS) is 16.9. The first-order valence-electron chi connectivity index (χ1n) is 16.2. The molecule has 0 spiro atoms. The van der Waals surface area contributed by atoms with Crippen LogP contribution in [0.2, 0.25) is 0 Å². The maximum atomic E-state index is 13.7. The van der Waals surface area contributed by atoms with Gasteiger partial charge in [0.1, 0.15) is 23.4 Å². The van der Waals surface area contributed by atoms with Gasteiger partial charge in [0.2, 0.25) is 0 Å². The van der Waals surface area contributed by atoms with Crippen molar-refractivity contribution in [2.24, 2.45) is 11.3 Å². The fourth-order valence-corrected chi connectivity index (χ4v) is 6.65. The molecule has 242 valence electrons. The number of furan rings is 1. The molecule has 0 unspecified atom stereocenters. The van der Waals surface area contributed by atoms with Gasteiger partial charge in [-0.1, -0.05) is 91.0 Å². The number of fused-ring (bicyclic) bond motifs is 1.